The minimum Gasteiger partial charge on any atom is -0.305 e. The van der Waals surface area contributed by atoms with Crippen molar-refractivity contribution >= 4 is 49.5 Å². The van der Waals surface area contributed by atoms with Crippen LogP contribution in [-0.4, -0.2) is 21.5 Å². The molecule has 8 aromatic carbocycles. The number of aromatic nitrogens is 3. The van der Waals surface area contributed by atoms with Gasteiger partial charge in [-0.05, 0) is 60.6 Å². The summed E-state index contributed by atoms with van der Waals surface area (Å²) in [5.74, 6) is 1.78. The molecule has 4 nitrogen and oxygen atoms in total. The molecule has 0 atom stereocenters. The highest BCUT2D eigenvalue weighted by molar-refractivity contribution is 6.25. The molecule has 0 bridgehead atoms. The lowest BCUT2D eigenvalue weighted by atomic mass is 9.90. The van der Waals surface area contributed by atoms with Gasteiger partial charge in [-0.15, -0.1) is 0 Å². The highest BCUT2D eigenvalue weighted by Crippen LogP contribution is 2.43. The standard InChI is InChI=1S/C52H36N4/c1-35-16-5-4-14-33-56(52-54-50(38-19-8-3-9-20-38)53-51(55-52)39-29-27-37(28-30-39)36-17-6-2-7-18-36)49-41(35)25-15-26-42(49)40-31-32-47-45-23-11-10-21-43(45)44-22-12-13-24-46(44)48(47)34-40/h2-32,34H,1,33H2/b14-4-,16-5-. The first kappa shape index (κ1) is 33.2. The fourth-order valence-corrected chi connectivity index (χ4v) is 7.95. The fourth-order valence-electron chi connectivity index (χ4n) is 7.95. The Hall–Kier alpha value is -7.43. The first-order valence-corrected chi connectivity index (χ1v) is 18.9. The van der Waals surface area contributed by atoms with E-state index < -0.39 is 0 Å². The summed E-state index contributed by atoms with van der Waals surface area (Å²) in [7, 11) is 0. The molecule has 0 saturated heterocycles. The first-order chi connectivity index (χ1) is 27.7. The summed E-state index contributed by atoms with van der Waals surface area (Å²) in [6.07, 6.45) is 8.35. The van der Waals surface area contributed by atoms with Crippen molar-refractivity contribution in [3.8, 4) is 45.0 Å². The summed E-state index contributed by atoms with van der Waals surface area (Å²) in [5.41, 5.74) is 9.23. The van der Waals surface area contributed by atoms with Gasteiger partial charge in [-0.25, -0.2) is 4.98 Å². The quantitative estimate of drug-likeness (QED) is 0.166. The van der Waals surface area contributed by atoms with Crippen molar-refractivity contribution in [3.63, 3.8) is 0 Å². The Morgan fingerprint density at radius 2 is 0.911 bits per heavy atom. The molecule has 264 valence electrons. The second kappa shape index (κ2) is 14.1. The molecule has 56 heavy (non-hydrogen) atoms. The van der Waals surface area contributed by atoms with E-state index in [0.717, 1.165) is 50.2 Å². The lowest BCUT2D eigenvalue weighted by Crippen LogP contribution is -2.22. The average molecular weight is 717 g/mol. The van der Waals surface area contributed by atoms with E-state index in [0.29, 0.717) is 24.1 Å². The molecule has 9 aromatic rings. The normalized spacial score (nSPS) is 13.9. The molecule has 0 amide bonds. The van der Waals surface area contributed by atoms with Gasteiger partial charge in [-0.2, -0.15) is 9.97 Å². The van der Waals surface area contributed by atoms with E-state index in [1.807, 2.05) is 36.4 Å². The lowest BCUT2D eigenvalue weighted by molar-refractivity contribution is 0.960. The fraction of sp³-hybridized carbons (Fsp3) is 0.0192. The number of nitrogens with zero attached hydrogens (tertiary/aromatic N) is 4. The van der Waals surface area contributed by atoms with Crippen LogP contribution in [0, 0.1) is 0 Å². The van der Waals surface area contributed by atoms with E-state index in [1.165, 1.54) is 32.3 Å². The summed E-state index contributed by atoms with van der Waals surface area (Å²) < 4.78 is 0. The average Bonchev–Trinajstić information content (AvgIpc) is 3.35. The highest BCUT2D eigenvalue weighted by atomic mass is 15.3. The lowest BCUT2D eigenvalue weighted by Gasteiger charge is -2.28. The van der Waals surface area contributed by atoms with Gasteiger partial charge in [0.2, 0.25) is 5.95 Å². The molecule has 1 aliphatic rings. The van der Waals surface area contributed by atoms with Crippen molar-refractivity contribution in [3.05, 3.63) is 206 Å². The summed E-state index contributed by atoms with van der Waals surface area (Å²) in [6, 6.07) is 59.8. The van der Waals surface area contributed by atoms with E-state index in [-0.39, 0.29) is 0 Å². The predicted octanol–water partition coefficient (Wildman–Crippen LogP) is 13.3. The Kier molecular flexibility index (Phi) is 8.34. The molecular formula is C52H36N4. The molecule has 4 heteroatoms. The Morgan fingerprint density at radius 3 is 1.57 bits per heavy atom. The van der Waals surface area contributed by atoms with Crippen LogP contribution in [0.3, 0.4) is 0 Å². The Morgan fingerprint density at radius 1 is 0.411 bits per heavy atom. The molecule has 0 N–H and O–H groups in total. The molecule has 0 aliphatic carbocycles. The van der Waals surface area contributed by atoms with Crippen LogP contribution in [0.1, 0.15) is 5.56 Å². The van der Waals surface area contributed by atoms with Gasteiger partial charge >= 0.3 is 0 Å². The van der Waals surface area contributed by atoms with Crippen molar-refractivity contribution in [2.45, 2.75) is 0 Å². The number of anilines is 2. The number of benzene rings is 8. The maximum atomic E-state index is 5.26. The number of hydrogen-bond acceptors (Lipinski definition) is 4. The van der Waals surface area contributed by atoms with E-state index in [4.69, 9.17) is 15.0 Å². The second-order valence-corrected chi connectivity index (χ2v) is 14.1. The Labute approximate surface area is 326 Å². The molecule has 1 aromatic heterocycles. The third-order valence-corrected chi connectivity index (χ3v) is 10.7. The van der Waals surface area contributed by atoms with Crippen molar-refractivity contribution in [1.82, 2.24) is 15.0 Å². The topological polar surface area (TPSA) is 41.9 Å². The van der Waals surface area contributed by atoms with Crippen LogP contribution in [0.4, 0.5) is 11.6 Å². The van der Waals surface area contributed by atoms with Crippen LogP contribution in [0.25, 0.3) is 82.9 Å². The Bertz CT molecular complexity index is 2960. The van der Waals surface area contributed by atoms with Crippen LogP contribution < -0.4 is 4.90 Å². The number of allylic oxidation sites excluding steroid dienone is 4. The monoisotopic (exact) mass is 716 g/mol. The van der Waals surface area contributed by atoms with E-state index in [2.05, 4.69) is 169 Å². The van der Waals surface area contributed by atoms with Gasteiger partial charge in [0.1, 0.15) is 0 Å². The SMILES string of the molecule is C=C1/C=C\C=C/CN(c2nc(-c3ccccc3)nc(-c3ccc(-c4ccccc4)cc3)n2)c2c1cccc2-c1ccc2c3ccccc3c3ccccc3c2c1. The summed E-state index contributed by atoms with van der Waals surface area (Å²) in [6.45, 7) is 5.08. The van der Waals surface area contributed by atoms with Crippen LogP contribution in [0.15, 0.2) is 201 Å². The van der Waals surface area contributed by atoms with E-state index in [1.54, 1.807) is 0 Å². The van der Waals surface area contributed by atoms with Gasteiger partial charge in [0.05, 0.1) is 5.69 Å². The molecular weight excluding hydrogens is 681 g/mol. The van der Waals surface area contributed by atoms with Gasteiger partial charge in [0, 0.05) is 28.8 Å². The predicted molar refractivity (Wildman–Crippen MR) is 235 cm³/mol. The largest absolute Gasteiger partial charge is 0.305 e. The van der Waals surface area contributed by atoms with Crippen LogP contribution in [-0.2, 0) is 0 Å². The third-order valence-electron chi connectivity index (χ3n) is 10.7. The summed E-state index contributed by atoms with van der Waals surface area (Å²) in [4.78, 5) is 17.8. The maximum absolute atomic E-state index is 5.26. The van der Waals surface area contributed by atoms with Gasteiger partial charge in [-0.1, -0.05) is 195 Å². The third kappa shape index (κ3) is 5.94. The zero-order valence-corrected chi connectivity index (χ0v) is 30.7. The second-order valence-electron chi connectivity index (χ2n) is 14.1. The van der Waals surface area contributed by atoms with Crippen molar-refractivity contribution < 1.29 is 0 Å². The zero-order valence-electron chi connectivity index (χ0n) is 30.7. The minimum absolute atomic E-state index is 0.535. The van der Waals surface area contributed by atoms with Crippen LogP contribution in [0.5, 0.6) is 0 Å². The molecule has 10 rings (SSSR count). The van der Waals surface area contributed by atoms with Gasteiger partial charge in [-0.3, -0.25) is 0 Å². The van der Waals surface area contributed by atoms with E-state index in [9.17, 15) is 0 Å². The molecule has 0 saturated carbocycles. The molecule has 0 spiro atoms. The number of fused-ring (bicyclic) bond motifs is 7. The zero-order chi connectivity index (χ0) is 37.4. The van der Waals surface area contributed by atoms with Crippen LogP contribution >= 0.6 is 0 Å². The number of rotatable bonds is 5. The van der Waals surface area contributed by atoms with Crippen molar-refractivity contribution in [2.24, 2.45) is 0 Å². The Balaban J connectivity index is 1.19. The molecule has 0 radical (unpaired) electrons. The van der Waals surface area contributed by atoms with Crippen molar-refractivity contribution in [1.29, 1.82) is 0 Å². The van der Waals surface area contributed by atoms with Crippen LogP contribution in [0.2, 0.25) is 0 Å². The van der Waals surface area contributed by atoms with Gasteiger partial charge in [0.25, 0.3) is 0 Å². The molecule has 2 heterocycles. The summed E-state index contributed by atoms with van der Waals surface area (Å²) >= 11 is 0. The number of para-hydroxylation sites is 1. The minimum atomic E-state index is 0.535. The molecule has 0 fully saturated rings. The number of hydrogen-bond donors (Lipinski definition) is 0. The first-order valence-electron chi connectivity index (χ1n) is 18.9. The smallest absolute Gasteiger partial charge is 0.234 e. The molecule has 1 aliphatic heterocycles. The highest BCUT2D eigenvalue weighted by Gasteiger charge is 2.24. The maximum Gasteiger partial charge on any atom is 0.234 e. The summed E-state index contributed by atoms with van der Waals surface area (Å²) in [5, 5.41) is 7.45. The van der Waals surface area contributed by atoms with Crippen molar-refractivity contribution in [2.75, 3.05) is 11.4 Å². The van der Waals surface area contributed by atoms with E-state index >= 15 is 0 Å². The van der Waals surface area contributed by atoms with Gasteiger partial charge < -0.3 is 4.90 Å². The molecule has 0 unspecified atom stereocenters. The van der Waals surface area contributed by atoms with Gasteiger partial charge in [0.15, 0.2) is 11.6 Å².